The van der Waals surface area contributed by atoms with Gasteiger partial charge in [-0.3, -0.25) is 0 Å². The Kier molecular flexibility index (Phi) is 3.91. The summed E-state index contributed by atoms with van der Waals surface area (Å²) in [5.41, 5.74) is 2.02. The van der Waals surface area contributed by atoms with Crippen LogP contribution in [0.25, 0.3) is 0 Å². The first-order valence-corrected chi connectivity index (χ1v) is 5.78. The minimum Gasteiger partial charge on any atom is -0.386 e. The molecule has 0 unspecified atom stereocenters. The number of benzene rings is 2. The highest BCUT2D eigenvalue weighted by Gasteiger charge is 2.20. The number of rotatable bonds is 4. The van der Waals surface area contributed by atoms with Crippen LogP contribution in [0.1, 0.15) is 23.3 Å². The summed E-state index contributed by atoms with van der Waals surface area (Å²) >= 11 is 0. The molecule has 17 heavy (non-hydrogen) atoms. The summed E-state index contributed by atoms with van der Waals surface area (Å²) < 4.78 is 0. The molecule has 2 atom stereocenters. The Morgan fingerprint density at radius 2 is 1.29 bits per heavy atom. The third kappa shape index (κ3) is 2.73. The van der Waals surface area contributed by atoms with Gasteiger partial charge in [0.25, 0.3) is 0 Å². The maximum Gasteiger partial charge on any atom is 0.0984 e. The summed E-state index contributed by atoms with van der Waals surface area (Å²) in [5, 5.41) is 13.5. The molecule has 2 aromatic rings. The second-order valence-corrected chi connectivity index (χ2v) is 4.03. The van der Waals surface area contributed by atoms with E-state index in [4.69, 9.17) is 0 Å². The molecule has 0 bridgehead atoms. The van der Waals surface area contributed by atoms with Gasteiger partial charge in [0, 0.05) is 0 Å². The van der Waals surface area contributed by atoms with Crippen LogP contribution in [0.4, 0.5) is 0 Å². The number of hydrogen-bond acceptors (Lipinski definition) is 2. The van der Waals surface area contributed by atoms with E-state index in [1.54, 1.807) is 0 Å². The van der Waals surface area contributed by atoms with Gasteiger partial charge in [-0.05, 0) is 18.2 Å². The second-order valence-electron chi connectivity index (χ2n) is 4.03. The summed E-state index contributed by atoms with van der Waals surface area (Å²) in [4.78, 5) is 0. The fourth-order valence-electron chi connectivity index (χ4n) is 2.01. The van der Waals surface area contributed by atoms with Gasteiger partial charge >= 0.3 is 0 Å². The maximum atomic E-state index is 10.4. The van der Waals surface area contributed by atoms with Crippen LogP contribution in [-0.4, -0.2) is 12.2 Å². The van der Waals surface area contributed by atoms with Crippen molar-refractivity contribution in [2.24, 2.45) is 0 Å². The molecule has 0 aliphatic rings. The summed E-state index contributed by atoms with van der Waals surface area (Å²) in [6.07, 6.45) is -0.538. The number of hydrogen-bond donors (Lipinski definition) is 2. The Balaban J connectivity index is 2.25. The largest absolute Gasteiger partial charge is 0.386 e. The van der Waals surface area contributed by atoms with Crippen molar-refractivity contribution in [2.45, 2.75) is 12.1 Å². The highest BCUT2D eigenvalue weighted by Crippen LogP contribution is 2.27. The smallest absolute Gasteiger partial charge is 0.0984 e. The Hall–Kier alpha value is -1.64. The normalized spacial score (nSPS) is 14.2. The topological polar surface area (TPSA) is 32.3 Å². The third-order valence-electron chi connectivity index (χ3n) is 2.93. The number of likely N-dealkylation sites (N-methyl/N-ethyl adjacent to an activating group) is 1. The zero-order valence-electron chi connectivity index (χ0n) is 9.88. The van der Waals surface area contributed by atoms with Gasteiger partial charge in [-0.25, -0.2) is 0 Å². The van der Waals surface area contributed by atoms with Gasteiger partial charge in [0.1, 0.15) is 0 Å². The lowest BCUT2D eigenvalue weighted by Crippen LogP contribution is -2.23. The molecular weight excluding hydrogens is 210 g/mol. The van der Waals surface area contributed by atoms with Crippen LogP contribution < -0.4 is 5.32 Å². The molecule has 2 rings (SSSR count). The van der Waals surface area contributed by atoms with Crippen molar-refractivity contribution in [1.29, 1.82) is 0 Å². The van der Waals surface area contributed by atoms with E-state index < -0.39 is 6.10 Å². The molecule has 0 aliphatic heterocycles. The minimum atomic E-state index is -0.538. The number of nitrogens with one attached hydrogen (secondary N) is 1. The Bertz CT molecular complexity index is 441. The van der Waals surface area contributed by atoms with Crippen LogP contribution in [-0.2, 0) is 0 Å². The summed E-state index contributed by atoms with van der Waals surface area (Å²) in [5.74, 6) is 0. The average Bonchev–Trinajstić information content (AvgIpc) is 2.42. The molecule has 0 aliphatic carbocycles. The van der Waals surface area contributed by atoms with E-state index in [0.717, 1.165) is 11.1 Å². The minimum absolute atomic E-state index is 0.0846. The first kappa shape index (κ1) is 11.8. The molecule has 2 N–H and O–H groups in total. The molecular formula is C15H17NO. The van der Waals surface area contributed by atoms with Crippen molar-refractivity contribution >= 4 is 0 Å². The predicted octanol–water partition coefficient (Wildman–Crippen LogP) is 2.68. The average molecular weight is 227 g/mol. The molecule has 2 aromatic carbocycles. The van der Waals surface area contributed by atoms with E-state index in [0.29, 0.717) is 0 Å². The van der Waals surface area contributed by atoms with Gasteiger partial charge in [-0.15, -0.1) is 0 Å². The van der Waals surface area contributed by atoms with Crippen LogP contribution in [0.3, 0.4) is 0 Å². The number of aliphatic hydroxyl groups is 1. The molecule has 0 fully saturated rings. The van der Waals surface area contributed by atoms with Crippen molar-refractivity contribution in [2.75, 3.05) is 7.05 Å². The van der Waals surface area contributed by atoms with E-state index in [1.165, 1.54) is 0 Å². The fraction of sp³-hybridized carbons (Fsp3) is 0.200. The zero-order chi connectivity index (χ0) is 12.1. The predicted molar refractivity (Wildman–Crippen MR) is 69.6 cm³/mol. The standard InChI is InChI=1S/C15H17NO/c1-16-14(12-8-4-2-5-9-12)15(17)13-10-6-3-7-11-13/h2-11,14-17H,1H3/t14-,15-/m1/s1. The summed E-state index contributed by atoms with van der Waals surface area (Å²) in [7, 11) is 1.86. The van der Waals surface area contributed by atoms with Gasteiger partial charge in [-0.1, -0.05) is 60.7 Å². The van der Waals surface area contributed by atoms with Gasteiger partial charge in [0.15, 0.2) is 0 Å². The highest BCUT2D eigenvalue weighted by molar-refractivity contribution is 5.25. The lowest BCUT2D eigenvalue weighted by atomic mass is 9.96. The molecule has 0 saturated carbocycles. The van der Waals surface area contributed by atoms with E-state index in [1.807, 2.05) is 67.7 Å². The van der Waals surface area contributed by atoms with E-state index >= 15 is 0 Å². The van der Waals surface area contributed by atoms with Gasteiger partial charge in [0.2, 0.25) is 0 Å². The zero-order valence-corrected chi connectivity index (χ0v) is 9.88. The molecule has 88 valence electrons. The lowest BCUT2D eigenvalue weighted by Gasteiger charge is -2.23. The Labute approximate surface area is 102 Å². The Morgan fingerprint density at radius 1 is 0.824 bits per heavy atom. The maximum absolute atomic E-state index is 10.4. The third-order valence-corrected chi connectivity index (χ3v) is 2.93. The molecule has 0 radical (unpaired) electrons. The first-order chi connectivity index (χ1) is 8.33. The van der Waals surface area contributed by atoms with Gasteiger partial charge < -0.3 is 10.4 Å². The summed E-state index contributed by atoms with van der Waals surface area (Å²) in [6.45, 7) is 0. The molecule has 0 spiro atoms. The van der Waals surface area contributed by atoms with Crippen molar-refractivity contribution in [3.63, 3.8) is 0 Å². The highest BCUT2D eigenvalue weighted by atomic mass is 16.3. The molecule has 2 nitrogen and oxygen atoms in total. The van der Waals surface area contributed by atoms with Crippen LogP contribution in [0.5, 0.6) is 0 Å². The van der Waals surface area contributed by atoms with Crippen LogP contribution in [0, 0.1) is 0 Å². The molecule has 0 heterocycles. The van der Waals surface area contributed by atoms with Gasteiger partial charge in [0.05, 0.1) is 12.1 Å². The Morgan fingerprint density at radius 3 is 1.76 bits per heavy atom. The summed E-state index contributed by atoms with van der Waals surface area (Å²) in [6, 6.07) is 19.6. The van der Waals surface area contributed by atoms with Crippen LogP contribution in [0.15, 0.2) is 60.7 Å². The van der Waals surface area contributed by atoms with Crippen molar-refractivity contribution in [3.05, 3.63) is 71.8 Å². The van der Waals surface area contributed by atoms with Crippen LogP contribution >= 0.6 is 0 Å². The van der Waals surface area contributed by atoms with Crippen LogP contribution in [0.2, 0.25) is 0 Å². The van der Waals surface area contributed by atoms with E-state index in [9.17, 15) is 5.11 Å². The lowest BCUT2D eigenvalue weighted by molar-refractivity contribution is 0.133. The monoisotopic (exact) mass is 227 g/mol. The molecule has 0 aromatic heterocycles. The van der Waals surface area contributed by atoms with Crippen molar-refractivity contribution in [3.8, 4) is 0 Å². The SMILES string of the molecule is CN[C@H](c1ccccc1)[C@H](O)c1ccccc1. The quantitative estimate of drug-likeness (QED) is 0.841. The molecule has 2 heteroatoms. The molecule has 0 amide bonds. The first-order valence-electron chi connectivity index (χ1n) is 5.78. The van der Waals surface area contributed by atoms with E-state index in [2.05, 4.69) is 5.32 Å². The van der Waals surface area contributed by atoms with Crippen molar-refractivity contribution in [1.82, 2.24) is 5.32 Å². The molecule has 0 saturated heterocycles. The van der Waals surface area contributed by atoms with Gasteiger partial charge in [-0.2, -0.15) is 0 Å². The fourth-order valence-corrected chi connectivity index (χ4v) is 2.01. The van der Waals surface area contributed by atoms with E-state index in [-0.39, 0.29) is 6.04 Å². The second kappa shape index (κ2) is 5.62. The van der Waals surface area contributed by atoms with Crippen molar-refractivity contribution < 1.29 is 5.11 Å². The number of aliphatic hydroxyl groups excluding tert-OH is 1.